The van der Waals surface area contributed by atoms with Gasteiger partial charge in [0.25, 0.3) is 0 Å². The fraction of sp³-hybridized carbons (Fsp3) is 0.517. The summed E-state index contributed by atoms with van der Waals surface area (Å²) in [4.78, 5) is 25.5. The van der Waals surface area contributed by atoms with Crippen LogP contribution in [0.1, 0.15) is 57.1 Å². The number of nitrogens with one attached hydrogen (secondary N) is 1. The third-order valence-electron chi connectivity index (χ3n) is 6.32. The Balaban J connectivity index is 1.99. The summed E-state index contributed by atoms with van der Waals surface area (Å²) >= 11 is 0. The van der Waals surface area contributed by atoms with E-state index in [1.807, 2.05) is 26.0 Å². The van der Waals surface area contributed by atoms with Crippen molar-refractivity contribution in [1.29, 1.82) is 0 Å². The van der Waals surface area contributed by atoms with Crippen LogP contribution in [0.3, 0.4) is 0 Å². The van der Waals surface area contributed by atoms with Gasteiger partial charge < -0.3 is 24.8 Å². The lowest BCUT2D eigenvalue weighted by Crippen LogP contribution is -2.39. The van der Waals surface area contributed by atoms with E-state index in [1.54, 1.807) is 43.3 Å². The number of nitrogens with zero attached hydrogens (tertiary/aromatic N) is 1. The average Bonchev–Trinajstić information content (AvgIpc) is 2.90. The first-order chi connectivity index (χ1) is 19.2. The molecule has 2 rings (SSSR count). The van der Waals surface area contributed by atoms with Crippen molar-refractivity contribution in [2.45, 2.75) is 70.6 Å². The van der Waals surface area contributed by atoms with Gasteiger partial charge in [0.1, 0.15) is 12.4 Å². The van der Waals surface area contributed by atoms with Crippen molar-refractivity contribution in [3.05, 3.63) is 59.7 Å². The number of benzene rings is 2. The summed E-state index contributed by atoms with van der Waals surface area (Å²) in [5.74, 6) is -5.11. The lowest BCUT2D eigenvalue weighted by molar-refractivity contribution is -0.284. The Morgan fingerprint density at radius 2 is 1.59 bits per heavy atom. The number of hydrogen-bond donors (Lipinski definition) is 2. The van der Waals surface area contributed by atoms with Crippen molar-refractivity contribution >= 4 is 17.7 Å². The van der Waals surface area contributed by atoms with Crippen molar-refractivity contribution < 1.29 is 46.1 Å². The Hall–Kier alpha value is -3.41. The quantitative estimate of drug-likeness (QED) is 0.161. The van der Waals surface area contributed by atoms with Gasteiger partial charge in [0, 0.05) is 31.7 Å². The van der Waals surface area contributed by atoms with Gasteiger partial charge in [-0.15, -0.1) is 0 Å². The number of urea groups is 1. The molecule has 7 nitrogen and oxygen atoms in total. The van der Waals surface area contributed by atoms with E-state index in [4.69, 9.17) is 9.47 Å². The largest absolute Gasteiger partial charge is 0.492 e. The van der Waals surface area contributed by atoms with Gasteiger partial charge in [0.05, 0.1) is 6.54 Å². The van der Waals surface area contributed by atoms with Gasteiger partial charge in [-0.3, -0.25) is 0 Å². The number of aliphatic carboxylic acids is 1. The molecule has 0 spiro atoms. The molecule has 0 aromatic heterocycles. The Labute approximate surface area is 236 Å². The van der Waals surface area contributed by atoms with Gasteiger partial charge in [-0.05, 0) is 61.1 Å². The van der Waals surface area contributed by atoms with Crippen molar-refractivity contribution in [2.24, 2.45) is 0 Å². The second-order valence-corrected chi connectivity index (χ2v) is 9.83. The first-order valence-corrected chi connectivity index (χ1v) is 13.4. The monoisotopic (exact) mass is 588 g/mol. The van der Waals surface area contributed by atoms with Gasteiger partial charge in [0.2, 0.25) is 0 Å². The van der Waals surface area contributed by atoms with Crippen LogP contribution in [0.25, 0.3) is 0 Å². The molecule has 228 valence electrons. The molecule has 0 saturated carbocycles. The molecular weight excluding hydrogens is 551 g/mol. The molecule has 1 atom stereocenters. The minimum Gasteiger partial charge on any atom is -0.492 e. The Bertz CT molecular complexity index is 1090. The van der Waals surface area contributed by atoms with Crippen LogP contribution in [0.5, 0.6) is 5.75 Å². The third kappa shape index (κ3) is 11.2. The smallest absolute Gasteiger partial charge is 0.453 e. The van der Waals surface area contributed by atoms with Crippen LogP contribution in [-0.4, -0.2) is 66.5 Å². The summed E-state index contributed by atoms with van der Waals surface area (Å²) < 4.78 is 74.9. The maximum atomic E-state index is 13.3. The normalized spacial score (nSPS) is 12.7. The topological polar surface area (TPSA) is 88.1 Å². The number of carbonyl (C=O) groups excluding carboxylic acids is 1. The van der Waals surface area contributed by atoms with Gasteiger partial charge in [0.15, 0.2) is 6.10 Å². The Kier molecular flexibility index (Phi) is 12.8. The van der Waals surface area contributed by atoms with Crippen LogP contribution in [0, 0.1) is 0 Å². The minimum atomic E-state index is -5.62. The van der Waals surface area contributed by atoms with Crippen LogP contribution in [0.2, 0.25) is 0 Å². The molecule has 12 heteroatoms. The minimum absolute atomic E-state index is 0.0223. The molecule has 2 aromatic rings. The molecule has 0 fully saturated rings. The van der Waals surface area contributed by atoms with Gasteiger partial charge in [-0.25, -0.2) is 9.59 Å². The molecule has 0 heterocycles. The molecule has 2 amide bonds. The molecule has 0 bridgehead atoms. The first-order valence-electron chi connectivity index (χ1n) is 13.4. The zero-order chi connectivity index (χ0) is 30.6. The molecule has 0 radical (unpaired) electrons. The average molecular weight is 589 g/mol. The number of amides is 2. The van der Waals surface area contributed by atoms with E-state index in [9.17, 15) is 36.6 Å². The molecule has 1 unspecified atom stereocenters. The highest BCUT2D eigenvalue weighted by atomic mass is 19.4. The highest BCUT2D eigenvalue weighted by Gasteiger charge is 2.56. The van der Waals surface area contributed by atoms with Crippen molar-refractivity contribution in [1.82, 2.24) is 4.90 Å². The van der Waals surface area contributed by atoms with Gasteiger partial charge in [-0.2, -0.15) is 22.0 Å². The second-order valence-electron chi connectivity index (χ2n) is 9.83. The van der Waals surface area contributed by atoms with E-state index < -0.39 is 43.0 Å². The van der Waals surface area contributed by atoms with Crippen LogP contribution < -0.4 is 10.1 Å². The van der Waals surface area contributed by atoms with Gasteiger partial charge in [-0.1, -0.05) is 38.1 Å². The van der Waals surface area contributed by atoms with Crippen molar-refractivity contribution in [3.63, 3.8) is 0 Å². The summed E-state index contributed by atoms with van der Waals surface area (Å²) in [5.41, 5.74) is 2.30. The molecule has 2 aromatic carbocycles. The highest BCUT2D eigenvalue weighted by Crippen LogP contribution is 2.39. The number of hydrogen-bond acceptors (Lipinski definition) is 4. The van der Waals surface area contributed by atoms with Crippen LogP contribution >= 0.6 is 0 Å². The van der Waals surface area contributed by atoms with E-state index in [-0.39, 0.29) is 39.1 Å². The number of anilines is 1. The predicted molar refractivity (Wildman–Crippen MR) is 145 cm³/mol. The summed E-state index contributed by atoms with van der Waals surface area (Å²) in [6, 6.07) is 13.3. The predicted octanol–water partition coefficient (Wildman–Crippen LogP) is 7.12. The Morgan fingerprint density at radius 3 is 2.12 bits per heavy atom. The molecule has 0 aliphatic rings. The van der Waals surface area contributed by atoms with E-state index in [0.717, 1.165) is 11.1 Å². The highest BCUT2D eigenvalue weighted by molar-refractivity contribution is 5.89. The molecule has 41 heavy (non-hydrogen) atoms. The van der Waals surface area contributed by atoms with E-state index in [1.165, 1.54) is 4.90 Å². The SMILES string of the molecule is CCOC(Cc1ccc(OCCN(CCCCC(F)(F)C(F)(F)F)C(=O)Nc2ccc(C(C)C)cc2)cc1)C(=O)O. The summed E-state index contributed by atoms with van der Waals surface area (Å²) in [5, 5.41) is 12.0. The zero-order valence-electron chi connectivity index (χ0n) is 23.3. The molecule has 0 saturated heterocycles. The van der Waals surface area contributed by atoms with Gasteiger partial charge >= 0.3 is 24.1 Å². The van der Waals surface area contributed by atoms with Crippen LogP contribution in [-0.2, 0) is 16.0 Å². The van der Waals surface area contributed by atoms with E-state index >= 15 is 0 Å². The zero-order valence-corrected chi connectivity index (χ0v) is 23.3. The maximum absolute atomic E-state index is 13.3. The number of halogens is 5. The molecule has 0 aliphatic carbocycles. The number of ether oxygens (including phenoxy) is 2. The number of carbonyl (C=O) groups is 2. The van der Waals surface area contributed by atoms with Crippen LogP contribution in [0.15, 0.2) is 48.5 Å². The lowest BCUT2D eigenvalue weighted by atomic mass is 10.0. The number of carboxylic acids is 1. The number of alkyl halides is 5. The fourth-order valence-electron chi connectivity index (χ4n) is 3.89. The number of rotatable bonds is 16. The summed E-state index contributed by atoms with van der Waals surface area (Å²) in [6.07, 6.45) is -8.28. The number of unbranched alkanes of at least 4 members (excludes halogenated alkanes) is 1. The fourth-order valence-corrected chi connectivity index (χ4v) is 3.89. The molecule has 0 aliphatic heterocycles. The van der Waals surface area contributed by atoms with Crippen molar-refractivity contribution in [3.8, 4) is 5.75 Å². The molecular formula is C29H37F5N2O5. The first kappa shape index (κ1) is 33.8. The standard InChI is InChI=1S/C29H37F5N2O5/c1-4-40-25(26(37)38)19-21-7-13-24(14-8-21)41-18-17-36(16-6-5-15-28(30,31)29(32,33)34)27(39)35-23-11-9-22(10-12-23)20(2)3/h7-14,20,25H,4-6,15-19H2,1-3H3,(H,35,39)(H,37,38). The second kappa shape index (κ2) is 15.6. The van der Waals surface area contributed by atoms with Crippen molar-refractivity contribution in [2.75, 3.05) is 31.6 Å². The Morgan fingerprint density at radius 1 is 0.951 bits per heavy atom. The lowest BCUT2D eigenvalue weighted by Gasteiger charge is -2.24. The van der Waals surface area contributed by atoms with E-state index in [0.29, 0.717) is 17.4 Å². The van der Waals surface area contributed by atoms with E-state index in [2.05, 4.69) is 5.32 Å². The summed E-state index contributed by atoms with van der Waals surface area (Å²) in [7, 11) is 0. The van der Waals surface area contributed by atoms with Crippen LogP contribution in [0.4, 0.5) is 32.4 Å². The third-order valence-corrected chi connectivity index (χ3v) is 6.32. The molecule has 2 N–H and O–H groups in total. The number of carboxylic acid groups (broad SMARTS) is 1. The maximum Gasteiger partial charge on any atom is 0.453 e. The summed E-state index contributed by atoms with van der Waals surface area (Å²) in [6.45, 7) is 6.03.